The Morgan fingerprint density at radius 1 is 1.60 bits per heavy atom. The number of rotatable bonds is 3. The first kappa shape index (κ1) is 13.3. The average molecular weight is 291 g/mol. The van der Waals surface area contributed by atoms with Gasteiger partial charge >= 0.3 is 5.97 Å². The third-order valence-corrected chi connectivity index (χ3v) is 4.71. The monoisotopic (exact) mass is 291 g/mol. The number of nitrogens with zero attached hydrogens (tertiary/aromatic N) is 2. The highest BCUT2D eigenvalue weighted by molar-refractivity contribution is 7.12. The number of imidazole rings is 1. The Morgan fingerprint density at radius 2 is 2.45 bits per heavy atom. The molecule has 2 aromatic rings. The van der Waals surface area contributed by atoms with Gasteiger partial charge in [0, 0.05) is 6.04 Å². The highest BCUT2D eigenvalue weighted by Crippen LogP contribution is 2.31. The highest BCUT2D eigenvalue weighted by atomic mass is 32.1. The summed E-state index contributed by atoms with van der Waals surface area (Å²) in [5.74, 6) is -0.294. The van der Waals surface area contributed by atoms with Crippen LogP contribution in [-0.2, 0) is 4.74 Å². The summed E-state index contributed by atoms with van der Waals surface area (Å²) >= 11 is 1.41. The lowest BCUT2D eigenvalue weighted by atomic mass is 10.1. The van der Waals surface area contributed by atoms with Crippen LogP contribution >= 0.6 is 11.3 Å². The standard InChI is InChI=1S/C14H17N3O2S/c1-9-7-20-13(14(18)19-2)12(9)17-8-15-6-11(17)10-4-3-5-16-10/h6-8,10,16H,3-5H2,1-2H3. The SMILES string of the molecule is COC(=O)c1scc(C)c1-n1cncc1C1CCCN1. The molecule has 0 radical (unpaired) electrons. The Labute approximate surface area is 121 Å². The summed E-state index contributed by atoms with van der Waals surface area (Å²) in [5, 5.41) is 5.45. The topological polar surface area (TPSA) is 56.2 Å². The van der Waals surface area contributed by atoms with E-state index in [0.717, 1.165) is 29.9 Å². The lowest BCUT2D eigenvalue weighted by Gasteiger charge is -2.15. The zero-order valence-corrected chi connectivity index (χ0v) is 12.4. The first-order valence-corrected chi connectivity index (χ1v) is 7.52. The minimum Gasteiger partial charge on any atom is -0.465 e. The number of thiophene rings is 1. The Hall–Kier alpha value is -1.66. The Kier molecular flexibility index (Phi) is 3.58. The third kappa shape index (κ3) is 2.14. The van der Waals surface area contributed by atoms with Gasteiger partial charge in [0.25, 0.3) is 0 Å². The predicted octanol–water partition coefficient (Wildman–Crippen LogP) is 2.45. The van der Waals surface area contributed by atoms with Crippen molar-refractivity contribution >= 4 is 17.3 Å². The van der Waals surface area contributed by atoms with Gasteiger partial charge in [0.15, 0.2) is 0 Å². The lowest BCUT2D eigenvalue weighted by Crippen LogP contribution is -2.17. The number of nitrogens with one attached hydrogen (secondary N) is 1. The molecular formula is C14H17N3O2S. The van der Waals surface area contributed by atoms with Crippen LogP contribution < -0.4 is 5.32 Å². The minimum absolute atomic E-state index is 0.294. The van der Waals surface area contributed by atoms with E-state index in [1.807, 2.05) is 23.1 Å². The van der Waals surface area contributed by atoms with Crippen molar-refractivity contribution in [2.24, 2.45) is 0 Å². The van der Waals surface area contributed by atoms with Crippen LogP contribution in [0.4, 0.5) is 0 Å². The number of carbonyl (C=O) groups excluding carboxylic acids is 1. The van der Waals surface area contributed by atoms with Gasteiger partial charge in [-0.15, -0.1) is 11.3 Å². The van der Waals surface area contributed by atoms with Crippen molar-refractivity contribution in [2.45, 2.75) is 25.8 Å². The van der Waals surface area contributed by atoms with E-state index in [1.54, 1.807) is 6.33 Å². The van der Waals surface area contributed by atoms with E-state index in [0.29, 0.717) is 10.9 Å². The summed E-state index contributed by atoms with van der Waals surface area (Å²) in [6.45, 7) is 3.03. The molecule has 1 aliphatic heterocycles. The van der Waals surface area contributed by atoms with Crippen LogP contribution in [0.3, 0.4) is 0 Å². The maximum Gasteiger partial charge on any atom is 0.350 e. The maximum absolute atomic E-state index is 11.9. The van der Waals surface area contributed by atoms with Gasteiger partial charge in [-0.25, -0.2) is 9.78 Å². The van der Waals surface area contributed by atoms with Gasteiger partial charge < -0.3 is 10.1 Å². The van der Waals surface area contributed by atoms with Crippen LogP contribution in [0.2, 0.25) is 0 Å². The molecule has 1 saturated heterocycles. The Bertz CT molecular complexity index is 626. The molecule has 0 saturated carbocycles. The third-order valence-electron chi connectivity index (χ3n) is 3.64. The molecule has 1 fully saturated rings. The van der Waals surface area contributed by atoms with Crippen molar-refractivity contribution in [3.05, 3.63) is 34.0 Å². The van der Waals surface area contributed by atoms with E-state index >= 15 is 0 Å². The second-order valence-corrected chi connectivity index (χ2v) is 5.81. The summed E-state index contributed by atoms with van der Waals surface area (Å²) in [5.41, 5.74) is 3.06. The molecule has 0 bridgehead atoms. The first-order valence-electron chi connectivity index (χ1n) is 6.64. The number of aromatic nitrogens is 2. The molecule has 1 unspecified atom stereocenters. The van der Waals surface area contributed by atoms with E-state index in [2.05, 4.69) is 10.3 Å². The Morgan fingerprint density at radius 3 is 3.15 bits per heavy atom. The van der Waals surface area contributed by atoms with Crippen LogP contribution in [0.1, 0.15) is 39.8 Å². The Balaban J connectivity index is 2.07. The number of esters is 1. The molecule has 2 aromatic heterocycles. The first-order chi connectivity index (χ1) is 9.72. The fraction of sp³-hybridized carbons (Fsp3) is 0.429. The smallest absolute Gasteiger partial charge is 0.350 e. The highest BCUT2D eigenvalue weighted by Gasteiger charge is 2.24. The quantitative estimate of drug-likeness (QED) is 0.883. The van der Waals surface area contributed by atoms with Crippen molar-refractivity contribution in [1.82, 2.24) is 14.9 Å². The molecular weight excluding hydrogens is 274 g/mol. The predicted molar refractivity (Wildman–Crippen MR) is 77.5 cm³/mol. The molecule has 1 atom stereocenters. The van der Waals surface area contributed by atoms with Crippen LogP contribution in [0.25, 0.3) is 5.69 Å². The molecule has 0 spiro atoms. The van der Waals surface area contributed by atoms with Gasteiger partial charge in [-0.1, -0.05) is 0 Å². The van der Waals surface area contributed by atoms with Gasteiger partial charge in [0.2, 0.25) is 0 Å². The van der Waals surface area contributed by atoms with E-state index < -0.39 is 0 Å². The number of aryl methyl sites for hydroxylation is 1. The van der Waals surface area contributed by atoms with Crippen LogP contribution in [-0.4, -0.2) is 29.2 Å². The molecule has 0 aliphatic carbocycles. The summed E-state index contributed by atoms with van der Waals surface area (Å²) in [6.07, 6.45) is 5.92. The lowest BCUT2D eigenvalue weighted by molar-refractivity contribution is 0.0606. The zero-order valence-electron chi connectivity index (χ0n) is 11.5. The van der Waals surface area contributed by atoms with Crippen molar-refractivity contribution < 1.29 is 9.53 Å². The van der Waals surface area contributed by atoms with Crippen LogP contribution in [0.15, 0.2) is 17.9 Å². The molecule has 1 N–H and O–H groups in total. The fourth-order valence-corrected chi connectivity index (χ4v) is 3.62. The van der Waals surface area contributed by atoms with Crippen molar-refractivity contribution in [2.75, 3.05) is 13.7 Å². The van der Waals surface area contributed by atoms with Gasteiger partial charge in [-0.2, -0.15) is 0 Å². The molecule has 1 aliphatic rings. The van der Waals surface area contributed by atoms with Gasteiger partial charge in [-0.3, -0.25) is 4.57 Å². The van der Waals surface area contributed by atoms with E-state index in [1.165, 1.54) is 24.9 Å². The van der Waals surface area contributed by atoms with Crippen LogP contribution in [0.5, 0.6) is 0 Å². The van der Waals surface area contributed by atoms with Gasteiger partial charge in [0.05, 0.1) is 31.0 Å². The largest absolute Gasteiger partial charge is 0.465 e. The molecule has 106 valence electrons. The molecule has 6 heteroatoms. The van der Waals surface area contributed by atoms with Gasteiger partial charge in [-0.05, 0) is 37.3 Å². The second-order valence-electron chi connectivity index (χ2n) is 4.93. The molecule has 5 nitrogen and oxygen atoms in total. The van der Waals surface area contributed by atoms with Crippen molar-refractivity contribution in [3.8, 4) is 5.69 Å². The number of hydrogen-bond donors (Lipinski definition) is 1. The average Bonchev–Trinajstić information content (AvgIpc) is 3.16. The summed E-state index contributed by atoms with van der Waals surface area (Å²) in [6, 6.07) is 0.308. The number of carbonyl (C=O) groups is 1. The normalized spacial score (nSPS) is 18.4. The molecule has 3 rings (SSSR count). The number of hydrogen-bond acceptors (Lipinski definition) is 5. The zero-order chi connectivity index (χ0) is 14.1. The summed E-state index contributed by atoms with van der Waals surface area (Å²) < 4.78 is 6.89. The number of methoxy groups -OCH3 is 1. The number of ether oxygens (including phenoxy) is 1. The molecule has 20 heavy (non-hydrogen) atoms. The summed E-state index contributed by atoms with van der Waals surface area (Å²) in [4.78, 5) is 16.8. The molecule has 0 amide bonds. The van der Waals surface area contributed by atoms with E-state index in [9.17, 15) is 4.79 Å². The maximum atomic E-state index is 11.9. The fourth-order valence-electron chi connectivity index (χ4n) is 2.66. The second kappa shape index (κ2) is 5.38. The van der Waals surface area contributed by atoms with E-state index in [-0.39, 0.29) is 5.97 Å². The molecule has 3 heterocycles. The summed E-state index contributed by atoms with van der Waals surface area (Å²) in [7, 11) is 1.41. The minimum atomic E-state index is -0.294. The van der Waals surface area contributed by atoms with Crippen molar-refractivity contribution in [3.63, 3.8) is 0 Å². The molecule has 0 aromatic carbocycles. The van der Waals surface area contributed by atoms with E-state index in [4.69, 9.17) is 4.74 Å². The van der Waals surface area contributed by atoms with Gasteiger partial charge in [0.1, 0.15) is 4.88 Å². The van der Waals surface area contributed by atoms with Crippen LogP contribution in [0, 0.1) is 6.92 Å². The van der Waals surface area contributed by atoms with Crippen molar-refractivity contribution in [1.29, 1.82) is 0 Å².